The summed E-state index contributed by atoms with van der Waals surface area (Å²) >= 11 is 6.06. The molecule has 0 bridgehead atoms. The van der Waals surface area contributed by atoms with Gasteiger partial charge >= 0.3 is 0 Å². The van der Waals surface area contributed by atoms with E-state index in [4.69, 9.17) is 11.6 Å². The molecule has 0 N–H and O–H groups in total. The Morgan fingerprint density at radius 2 is 1.24 bits per heavy atom. The van der Waals surface area contributed by atoms with Crippen molar-refractivity contribution in [2.24, 2.45) is 0 Å². The molecule has 4 rings (SSSR count). The number of nitrogens with zero attached hydrogens (tertiary/aromatic N) is 2. The van der Waals surface area contributed by atoms with Crippen LogP contribution in [0.5, 0.6) is 0 Å². The largest absolute Gasteiger partial charge is 0.279 e. The molecule has 0 aromatic heterocycles. The van der Waals surface area contributed by atoms with E-state index in [1.165, 1.54) is 16.7 Å². The molecular weight excluding hydrogens is 383 g/mol. The average Bonchev–Trinajstić information content (AvgIpc) is 3.13. The van der Waals surface area contributed by atoms with Crippen molar-refractivity contribution in [2.45, 2.75) is 32.6 Å². The first kappa shape index (κ1) is 20.1. The van der Waals surface area contributed by atoms with Crippen LogP contribution in [0, 0.1) is 5.82 Å². The van der Waals surface area contributed by atoms with Gasteiger partial charge in [0.2, 0.25) is 0 Å². The SMILES string of the molecule is CCc1ccc(C2N(Cc3ccc(F)cc3)CCN2Cc2ccc(Cl)cc2)cc1. The highest BCUT2D eigenvalue weighted by atomic mass is 35.5. The van der Waals surface area contributed by atoms with Crippen LogP contribution in [-0.4, -0.2) is 22.9 Å². The first-order valence-corrected chi connectivity index (χ1v) is 10.6. The molecule has 1 atom stereocenters. The molecule has 1 unspecified atom stereocenters. The third-order valence-electron chi connectivity index (χ3n) is 5.65. The van der Waals surface area contributed by atoms with Crippen LogP contribution in [0.15, 0.2) is 72.8 Å². The molecule has 0 aliphatic carbocycles. The van der Waals surface area contributed by atoms with Crippen molar-refractivity contribution in [1.82, 2.24) is 9.80 Å². The zero-order valence-electron chi connectivity index (χ0n) is 16.7. The fourth-order valence-corrected chi connectivity index (χ4v) is 4.19. The highest BCUT2D eigenvalue weighted by molar-refractivity contribution is 6.30. The summed E-state index contributed by atoms with van der Waals surface area (Å²) in [6.45, 7) is 5.82. The minimum Gasteiger partial charge on any atom is -0.279 e. The fourth-order valence-electron chi connectivity index (χ4n) is 4.06. The van der Waals surface area contributed by atoms with Gasteiger partial charge in [-0.2, -0.15) is 0 Å². The second kappa shape index (κ2) is 9.08. The monoisotopic (exact) mass is 408 g/mol. The highest BCUT2D eigenvalue weighted by Gasteiger charge is 2.33. The molecule has 0 amide bonds. The molecule has 1 aliphatic heterocycles. The van der Waals surface area contributed by atoms with Gasteiger partial charge in [-0.3, -0.25) is 9.80 Å². The van der Waals surface area contributed by atoms with Crippen molar-refractivity contribution < 1.29 is 4.39 Å². The average molecular weight is 409 g/mol. The fraction of sp³-hybridized carbons (Fsp3) is 0.280. The number of hydrogen-bond acceptors (Lipinski definition) is 2. The lowest BCUT2D eigenvalue weighted by Gasteiger charge is -2.31. The van der Waals surface area contributed by atoms with E-state index < -0.39 is 0 Å². The van der Waals surface area contributed by atoms with Crippen LogP contribution in [-0.2, 0) is 19.5 Å². The van der Waals surface area contributed by atoms with Crippen LogP contribution in [0.4, 0.5) is 4.39 Å². The third-order valence-corrected chi connectivity index (χ3v) is 5.90. The van der Waals surface area contributed by atoms with Gasteiger partial charge in [0.25, 0.3) is 0 Å². The van der Waals surface area contributed by atoms with E-state index in [1.54, 1.807) is 12.1 Å². The number of rotatable bonds is 6. The first-order chi connectivity index (χ1) is 14.1. The summed E-state index contributed by atoms with van der Waals surface area (Å²) in [7, 11) is 0. The summed E-state index contributed by atoms with van der Waals surface area (Å²) in [5.41, 5.74) is 5.04. The van der Waals surface area contributed by atoms with Gasteiger partial charge in [0, 0.05) is 31.2 Å². The van der Waals surface area contributed by atoms with Gasteiger partial charge in [-0.1, -0.05) is 67.1 Å². The normalized spacial score (nSPS) is 17.7. The van der Waals surface area contributed by atoms with Crippen molar-refractivity contribution >= 4 is 11.6 Å². The van der Waals surface area contributed by atoms with E-state index in [9.17, 15) is 4.39 Å². The molecule has 3 aromatic carbocycles. The topological polar surface area (TPSA) is 6.48 Å². The van der Waals surface area contributed by atoms with E-state index in [2.05, 4.69) is 53.1 Å². The third kappa shape index (κ3) is 4.87. The Morgan fingerprint density at radius 3 is 1.76 bits per heavy atom. The van der Waals surface area contributed by atoms with Gasteiger partial charge in [0.15, 0.2) is 0 Å². The molecular formula is C25H26ClFN2. The molecule has 4 heteroatoms. The molecule has 1 saturated heterocycles. The molecule has 3 aromatic rings. The van der Waals surface area contributed by atoms with Crippen LogP contribution in [0.3, 0.4) is 0 Å². The molecule has 1 aliphatic rings. The summed E-state index contributed by atoms with van der Waals surface area (Å²) in [5.74, 6) is -0.189. The van der Waals surface area contributed by atoms with E-state index in [1.807, 2.05) is 24.3 Å². The lowest BCUT2D eigenvalue weighted by Crippen LogP contribution is -2.30. The Hall–Kier alpha value is -2.20. The summed E-state index contributed by atoms with van der Waals surface area (Å²) in [4.78, 5) is 4.98. The number of aryl methyl sites for hydroxylation is 1. The van der Waals surface area contributed by atoms with Gasteiger partial charge in [0.1, 0.15) is 5.82 Å². The maximum atomic E-state index is 13.3. The maximum Gasteiger partial charge on any atom is 0.123 e. The van der Waals surface area contributed by atoms with Crippen LogP contribution in [0.25, 0.3) is 0 Å². The second-order valence-corrected chi connectivity index (χ2v) is 8.10. The molecule has 1 heterocycles. The minimum absolute atomic E-state index is 0.189. The molecule has 2 nitrogen and oxygen atoms in total. The number of halogens is 2. The minimum atomic E-state index is -0.189. The van der Waals surface area contributed by atoms with Crippen molar-refractivity contribution in [3.8, 4) is 0 Å². The molecule has 1 fully saturated rings. The lowest BCUT2D eigenvalue weighted by atomic mass is 10.1. The molecule has 0 spiro atoms. The predicted molar refractivity (Wildman–Crippen MR) is 117 cm³/mol. The lowest BCUT2D eigenvalue weighted by molar-refractivity contribution is 0.126. The molecule has 0 radical (unpaired) electrons. The standard InChI is InChI=1S/C25H26ClFN2/c1-2-19-3-9-22(10-4-19)25-28(17-20-5-11-23(26)12-6-20)15-16-29(25)18-21-7-13-24(27)14-8-21/h3-14,25H,2,15-18H2,1H3. The summed E-state index contributed by atoms with van der Waals surface area (Å²) < 4.78 is 13.3. The molecule has 0 saturated carbocycles. The van der Waals surface area contributed by atoms with Crippen molar-refractivity contribution in [1.29, 1.82) is 0 Å². The predicted octanol–water partition coefficient (Wildman–Crippen LogP) is 6.06. The van der Waals surface area contributed by atoms with Gasteiger partial charge in [-0.25, -0.2) is 4.39 Å². The van der Waals surface area contributed by atoms with Crippen LogP contribution in [0.1, 0.15) is 35.3 Å². The highest BCUT2D eigenvalue weighted by Crippen LogP contribution is 2.33. The summed E-state index contributed by atoms with van der Waals surface area (Å²) in [5, 5.41) is 0.764. The maximum absolute atomic E-state index is 13.3. The number of benzene rings is 3. The summed E-state index contributed by atoms with van der Waals surface area (Å²) in [6.07, 6.45) is 1.24. The van der Waals surface area contributed by atoms with Gasteiger partial charge < -0.3 is 0 Å². The van der Waals surface area contributed by atoms with Crippen LogP contribution < -0.4 is 0 Å². The second-order valence-electron chi connectivity index (χ2n) is 7.66. The first-order valence-electron chi connectivity index (χ1n) is 10.2. The van der Waals surface area contributed by atoms with Crippen molar-refractivity contribution in [3.05, 3.63) is 106 Å². The molecule has 150 valence electrons. The van der Waals surface area contributed by atoms with E-state index >= 15 is 0 Å². The Labute approximate surface area is 177 Å². The Kier molecular flexibility index (Phi) is 6.29. The Bertz CT molecular complexity index is 867. The molecule has 29 heavy (non-hydrogen) atoms. The van der Waals surface area contributed by atoms with Crippen molar-refractivity contribution in [2.75, 3.05) is 13.1 Å². The van der Waals surface area contributed by atoms with Gasteiger partial charge in [-0.15, -0.1) is 0 Å². The summed E-state index contributed by atoms with van der Waals surface area (Å²) in [6, 6.07) is 23.9. The smallest absolute Gasteiger partial charge is 0.123 e. The van der Waals surface area contributed by atoms with E-state index in [0.717, 1.165) is 43.2 Å². The zero-order valence-corrected chi connectivity index (χ0v) is 17.4. The van der Waals surface area contributed by atoms with Crippen LogP contribution >= 0.6 is 11.6 Å². The van der Waals surface area contributed by atoms with Crippen LogP contribution in [0.2, 0.25) is 5.02 Å². The van der Waals surface area contributed by atoms with Gasteiger partial charge in [0.05, 0.1) is 6.17 Å². The van der Waals surface area contributed by atoms with E-state index in [0.29, 0.717) is 0 Å². The van der Waals surface area contributed by atoms with E-state index in [-0.39, 0.29) is 12.0 Å². The number of hydrogen-bond donors (Lipinski definition) is 0. The van der Waals surface area contributed by atoms with Gasteiger partial charge in [-0.05, 0) is 52.9 Å². The zero-order chi connectivity index (χ0) is 20.2. The van der Waals surface area contributed by atoms with Crippen molar-refractivity contribution in [3.63, 3.8) is 0 Å². The Balaban J connectivity index is 1.59. The quantitative estimate of drug-likeness (QED) is 0.489. The Morgan fingerprint density at radius 1 is 0.759 bits per heavy atom.